The molecule has 32 heavy (non-hydrogen) atoms. The number of carbonyl (C=O) groups excluding carboxylic acids is 1. The Morgan fingerprint density at radius 1 is 1.25 bits per heavy atom. The maximum atomic E-state index is 12.8. The second kappa shape index (κ2) is 10.6. The third kappa shape index (κ3) is 6.19. The summed E-state index contributed by atoms with van der Waals surface area (Å²) in [5.41, 5.74) is 0.719. The van der Waals surface area contributed by atoms with E-state index in [-0.39, 0.29) is 11.3 Å². The molecule has 1 aromatic rings. The Bertz CT molecular complexity index is 771. The average molecular weight is 458 g/mol. The molecule has 1 aliphatic carbocycles. The van der Waals surface area contributed by atoms with Gasteiger partial charge in [0.1, 0.15) is 5.69 Å². The van der Waals surface area contributed by atoms with E-state index in [1.807, 2.05) is 23.1 Å². The van der Waals surface area contributed by atoms with Gasteiger partial charge in [0, 0.05) is 44.5 Å². The molecule has 7 nitrogen and oxygen atoms in total. The van der Waals surface area contributed by atoms with Crippen molar-refractivity contribution in [1.82, 2.24) is 9.88 Å². The number of carbonyl (C=O) groups is 2. The molecule has 0 radical (unpaired) electrons. The van der Waals surface area contributed by atoms with E-state index < -0.39 is 12.1 Å². The van der Waals surface area contributed by atoms with Crippen molar-refractivity contribution in [1.29, 1.82) is 0 Å². The minimum atomic E-state index is -5.08. The standard InChI is InChI=1S/C20H28N2O3.C2HF3O2/c23-19(18-5-1-2-9-21-18)22-12-17-4-3-8-20(17,14-22)15-25-13-16-6-10-24-11-7-16;3-2(4,5)1(6)7/h1-2,5,9,16-17H,3-4,6-8,10-15H2;(H,6,7)/t17-,20+;/m1./s1. The first-order valence-corrected chi connectivity index (χ1v) is 10.9. The monoisotopic (exact) mass is 458 g/mol. The number of pyridine rings is 1. The van der Waals surface area contributed by atoms with Crippen LogP contribution < -0.4 is 0 Å². The van der Waals surface area contributed by atoms with Gasteiger partial charge in [0.05, 0.1) is 6.61 Å². The van der Waals surface area contributed by atoms with Gasteiger partial charge in [-0.05, 0) is 49.7 Å². The first kappa shape index (κ1) is 24.4. The first-order chi connectivity index (χ1) is 15.2. The number of carboxylic acid groups (broad SMARTS) is 1. The predicted molar refractivity (Wildman–Crippen MR) is 108 cm³/mol. The summed E-state index contributed by atoms with van der Waals surface area (Å²) in [6.45, 7) is 5.05. The number of nitrogens with zero attached hydrogens (tertiary/aromatic N) is 2. The van der Waals surface area contributed by atoms with Crippen LogP contribution in [0.15, 0.2) is 24.4 Å². The molecule has 2 aliphatic heterocycles. The van der Waals surface area contributed by atoms with Crippen molar-refractivity contribution in [3.05, 3.63) is 30.1 Å². The second-order valence-electron chi connectivity index (χ2n) is 8.73. The summed E-state index contributed by atoms with van der Waals surface area (Å²) in [5.74, 6) is -1.47. The fourth-order valence-electron chi connectivity index (χ4n) is 4.80. The zero-order chi connectivity index (χ0) is 23.2. The summed E-state index contributed by atoms with van der Waals surface area (Å²) < 4.78 is 43.3. The highest BCUT2D eigenvalue weighted by atomic mass is 19.4. The molecular formula is C22H29F3N2O5. The molecule has 3 aliphatic rings. The van der Waals surface area contributed by atoms with Crippen LogP contribution in [0.2, 0.25) is 0 Å². The van der Waals surface area contributed by atoms with E-state index in [4.69, 9.17) is 19.4 Å². The van der Waals surface area contributed by atoms with E-state index in [1.165, 1.54) is 19.3 Å². The maximum Gasteiger partial charge on any atom is 0.490 e. The van der Waals surface area contributed by atoms with Gasteiger partial charge in [-0.1, -0.05) is 12.5 Å². The van der Waals surface area contributed by atoms with Crippen LogP contribution in [0.25, 0.3) is 0 Å². The molecule has 3 heterocycles. The SMILES string of the molecule is O=C(O)C(F)(F)F.O=C(c1ccccn1)N1C[C@H]2CCC[C@@]2(COCC2CCOCC2)C1. The van der Waals surface area contributed by atoms with Gasteiger partial charge in [-0.25, -0.2) is 4.79 Å². The Morgan fingerprint density at radius 2 is 1.97 bits per heavy atom. The third-order valence-corrected chi connectivity index (χ3v) is 6.54. The van der Waals surface area contributed by atoms with Crippen LogP contribution >= 0.6 is 0 Å². The lowest BCUT2D eigenvalue weighted by molar-refractivity contribution is -0.192. The molecule has 178 valence electrons. The predicted octanol–water partition coefficient (Wildman–Crippen LogP) is 3.40. The second-order valence-corrected chi connectivity index (χ2v) is 8.73. The molecule has 2 saturated heterocycles. The van der Waals surface area contributed by atoms with Gasteiger partial charge in [0.15, 0.2) is 0 Å². The molecule has 4 rings (SSSR count). The van der Waals surface area contributed by atoms with Gasteiger partial charge in [0.2, 0.25) is 0 Å². The molecule has 3 fully saturated rings. The molecule has 1 amide bonds. The average Bonchev–Trinajstić information content (AvgIpc) is 3.32. The van der Waals surface area contributed by atoms with E-state index in [9.17, 15) is 18.0 Å². The van der Waals surface area contributed by atoms with E-state index >= 15 is 0 Å². The van der Waals surface area contributed by atoms with Crippen LogP contribution in [0, 0.1) is 17.3 Å². The van der Waals surface area contributed by atoms with Crippen molar-refractivity contribution in [2.75, 3.05) is 39.5 Å². The number of amides is 1. The Morgan fingerprint density at radius 3 is 2.59 bits per heavy atom. The van der Waals surface area contributed by atoms with Crippen LogP contribution in [0.1, 0.15) is 42.6 Å². The van der Waals surface area contributed by atoms with Crippen molar-refractivity contribution in [2.45, 2.75) is 38.3 Å². The number of aliphatic carboxylic acids is 1. The summed E-state index contributed by atoms with van der Waals surface area (Å²) in [6, 6.07) is 5.54. The minimum absolute atomic E-state index is 0.0683. The van der Waals surface area contributed by atoms with Crippen molar-refractivity contribution < 1.29 is 37.3 Å². The number of hydrogen-bond donors (Lipinski definition) is 1. The van der Waals surface area contributed by atoms with Crippen LogP contribution in [0.3, 0.4) is 0 Å². The number of carboxylic acids is 1. The molecule has 10 heteroatoms. The van der Waals surface area contributed by atoms with Crippen LogP contribution in [-0.2, 0) is 14.3 Å². The molecule has 0 aromatic carbocycles. The van der Waals surface area contributed by atoms with Gasteiger partial charge in [-0.3, -0.25) is 9.78 Å². The number of halogens is 3. The van der Waals surface area contributed by atoms with Crippen molar-refractivity contribution in [3.8, 4) is 0 Å². The molecular weight excluding hydrogens is 429 g/mol. The van der Waals surface area contributed by atoms with Gasteiger partial charge >= 0.3 is 12.1 Å². The molecule has 1 N–H and O–H groups in total. The summed E-state index contributed by atoms with van der Waals surface area (Å²) in [6.07, 6.45) is 2.49. The fourth-order valence-corrected chi connectivity index (χ4v) is 4.80. The number of aromatic nitrogens is 1. The van der Waals surface area contributed by atoms with Crippen molar-refractivity contribution in [3.63, 3.8) is 0 Å². The topological polar surface area (TPSA) is 89.0 Å². The zero-order valence-corrected chi connectivity index (χ0v) is 17.9. The smallest absolute Gasteiger partial charge is 0.475 e. The fraction of sp³-hybridized carbons (Fsp3) is 0.682. The zero-order valence-electron chi connectivity index (χ0n) is 17.9. The van der Waals surface area contributed by atoms with E-state index in [0.29, 0.717) is 17.5 Å². The number of rotatable bonds is 5. The molecule has 0 spiro atoms. The van der Waals surface area contributed by atoms with E-state index in [2.05, 4.69) is 4.98 Å². The summed E-state index contributed by atoms with van der Waals surface area (Å²) in [4.78, 5) is 27.9. The molecule has 0 bridgehead atoms. The summed E-state index contributed by atoms with van der Waals surface area (Å²) in [7, 11) is 0. The lowest BCUT2D eigenvalue weighted by Gasteiger charge is -2.30. The summed E-state index contributed by atoms with van der Waals surface area (Å²) in [5, 5.41) is 7.12. The molecule has 0 unspecified atom stereocenters. The number of ether oxygens (including phenoxy) is 2. The van der Waals surface area contributed by atoms with Crippen molar-refractivity contribution >= 4 is 11.9 Å². The summed E-state index contributed by atoms with van der Waals surface area (Å²) >= 11 is 0. The third-order valence-electron chi connectivity index (χ3n) is 6.54. The molecule has 1 saturated carbocycles. The lowest BCUT2D eigenvalue weighted by Crippen LogP contribution is -2.35. The number of hydrogen-bond acceptors (Lipinski definition) is 5. The lowest BCUT2D eigenvalue weighted by atomic mass is 9.81. The van der Waals surface area contributed by atoms with Gasteiger partial charge in [0.25, 0.3) is 5.91 Å². The van der Waals surface area contributed by atoms with Crippen molar-refractivity contribution in [2.24, 2.45) is 17.3 Å². The Hall–Kier alpha value is -2.20. The quantitative estimate of drug-likeness (QED) is 0.728. The Labute approximate surface area is 184 Å². The largest absolute Gasteiger partial charge is 0.490 e. The molecule has 1 aromatic heterocycles. The Balaban J connectivity index is 0.000000360. The van der Waals surface area contributed by atoms with Gasteiger partial charge < -0.3 is 19.5 Å². The number of fused-ring (bicyclic) bond motifs is 1. The van der Waals surface area contributed by atoms with E-state index in [1.54, 1.807) is 6.20 Å². The highest BCUT2D eigenvalue weighted by Crippen LogP contribution is 2.49. The minimum Gasteiger partial charge on any atom is -0.475 e. The Kier molecular flexibility index (Phi) is 8.10. The van der Waals surface area contributed by atoms with Gasteiger partial charge in [-0.15, -0.1) is 0 Å². The van der Waals surface area contributed by atoms with E-state index in [0.717, 1.165) is 52.4 Å². The van der Waals surface area contributed by atoms with Gasteiger partial charge in [-0.2, -0.15) is 13.2 Å². The number of alkyl halides is 3. The number of likely N-dealkylation sites (tertiary alicyclic amines) is 1. The van der Waals surface area contributed by atoms with Crippen LogP contribution in [0.4, 0.5) is 13.2 Å². The van der Waals surface area contributed by atoms with Crippen LogP contribution in [0.5, 0.6) is 0 Å². The van der Waals surface area contributed by atoms with Crippen LogP contribution in [-0.4, -0.2) is 72.6 Å². The molecule has 2 atom stereocenters. The normalized spacial score (nSPS) is 25.7. The first-order valence-electron chi connectivity index (χ1n) is 10.9. The highest BCUT2D eigenvalue weighted by Gasteiger charge is 2.51. The highest BCUT2D eigenvalue weighted by molar-refractivity contribution is 5.92. The maximum absolute atomic E-state index is 12.8.